The first-order valence-electron chi connectivity index (χ1n) is 8.59. The molecule has 1 aromatic carbocycles. The molecule has 6 heteroatoms. The molecule has 2 aromatic heterocycles. The molecule has 2 aliphatic heterocycles. The molecule has 2 aliphatic rings. The van der Waals surface area contributed by atoms with Gasteiger partial charge in [-0.15, -0.1) is 0 Å². The van der Waals surface area contributed by atoms with Gasteiger partial charge in [-0.2, -0.15) is 11.3 Å². The predicted molar refractivity (Wildman–Crippen MR) is 99.9 cm³/mol. The third kappa shape index (κ3) is 2.05. The summed E-state index contributed by atoms with van der Waals surface area (Å²) in [5.41, 5.74) is 3.86. The zero-order valence-electron chi connectivity index (χ0n) is 14.3. The largest absolute Gasteiger partial charge is 0.347 e. The number of rotatable bonds is 2. The highest BCUT2D eigenvalue weighted by molar-refractivity contribution is 7.91. The molecule has 0 saturated carbocycles. The first-order chi connectivity index (χ1) is 12.0. The van der Waals surface area contributed by atoms with E-state index in [4.69, 9.17) is 0 Å². The molecule has 1 fully saturated rings. The maximum atomic E-state index is 12.9. The Bertz CT molecular complexity index is 1080. The van der Waals surface area contributed by atoms with E-state index in [1.807, 2.05) is 17.5 Å². The minimum atomic E-state index is -3.44. The van der Waals surface area contributed by atoms with Crippen LogP contribution in [0.15, 0.2) is 44.8 Å². The standard InChI is InChI=1S/C19H20N2O2S2/c1-20-12-3-5-17(20)19-15-10-13(25(22,23)14-7-8-24-11-14)4-6-16(15)21(2)18(19)9-12/h4,6-8,10-12,17H,3,5,9H2,1-2H3. The van der Waals surface area contributed by atoms with Crippen LogP contribution in [0, 0.1) is 0 Å². The van der Waals surface area contributed by atoms with Crippen molar-refractivity contribution in [3.05, 3.63) is 46.3 Å². The molecule has 0 N–H and O–H groups in total. The SMILES string of the molecule is CN1C2CCC1c1c(n(C)c3ccc(S(=O)(=O)c4ccsc4)cc13)C2. The van der Waals surface area contributed by atoms with Crippen molar-refractivity contribution in [2.45, 2.75) is 41.1 Å². The van der Waals surface area contributed by atoms with Gasteiger partial charge in [0, 0.05) is 47.5 Å². The van der Waals surface area contributed by atoms with Crippen LogP contribution in [0.3, 0.4) is 0 Å². The molecule has 0 radical (unpaired) electrons. The molecule has 4 nitrogen and oxygen atoms in total. The summed E-state index contributed by atoms with van der Waals surface area (Å²) in [6, 6.07) is 8.34. The Morgan fingerprint density at radius 1 is 1.12 bits per heavy atom. The first-order valence-corrected chi connectivity index (χ1v) is 11.0. The quantitative estimate of drug-likeness (QED) is 0.688. The predicted octanol–water partition coefficient (Wildman–Crippen LogP) is 3.76. The topological polar surface area (TPSA) is 42.3 Å². The number of hydrogen-bond acceptors (Lipinski definition) is 4. The Hall–Kier alpha value is -1.63. The van der Waals surface area contributed by atoms with E-state index in [2.05, 4.69) is 23.6 Å². The van der Waals surface area contributed by atoms with Crippen molar-refractivity contribution in [1.29, 1.82) is 0 Å². The highest BCUT2D eigenvalue weighted by atomic mass is 32.2. The number of nitrogens with zero attached hydrogens (tertiary/aromatic N) is 2. The molecule has 3 aromatic rings. The summed E-state index contributed by atoms with van der Waals surface area (Å²) >= 11 is 1.41. The maximum absolute atomic E-state index is 12.9. The second-order valence-corrected chi connectivity index (χ2v) is 9.91. The van der Waals surface area contributed by atoms with Crippen molar-refractivity contribution in [2.75, 3.05) is 7.05 Å². The fraction of sp³-hybridized carbons (Fsp3) is 0.368. The second kappa shape index (κ2) is 5.19. The van der Waals surface area contributed by atoms with Gasteiger partial charge in [0.05, 0.1) is 9.79 Å². The van der Waals surface area contributed by atoms with Gasteiger partial charge >= 0.3 is 0 Å². The van der Waals surface area contributed by atoms with Gasteiger partial charge < -0.3 is 4.57 Å². The maximum Gasteiger partial charge on any atom is 0.207 e. The fourth-order valence-electron chi connectivity index (χ4n) is 4.66. The van der Waals surface area contributed by atoms with Crippen LogP contribution in [0.25, 0.3) is 10.9 Å². The molecular formula is C19H20N2O2S2. The normalized spacial score (nSPS) is 23.3. The monoisotopic (exact) mass is 372 g/mol. The average Bonchev–Trinajstić information content (AvgIpc) is 3.27. The summed E-state index contributed by atoms with van der Waals surface area (Å²) < 4.78 is 28.1. The van der Waals surface area contributed by atoms with Gasteiger partial charge in [-0.05, 0) is 55.1 Å². The highest BCUT2D eigenvalue weighted by Gasteiger charge is 2.40. The molecule has 2 bridgehead atoms. The van der Waals surface area contributed by atoms with Crippen molar-refractivity contribution in [1.82, 2.24) is 9.47 Å². The number of fused-ring (bicyclic) bond motifs is 6. The lowest BCUT2D eigenvalue weighted by molar-refractivity contribution is 0.222. The van der Waals surface area contributed by atoms with Gasteiger partial charge in [0.1, 0.15) is 0 Å². The summed E-state index contributed by atoms with van der Waals surface area (Å²) in [5.74, 6) is 0. The van der Waals surface area contributed by atoms with Crippen LogP contribution < -0.4 is 0 Å². The average molecular weight is 373 g/mol. The zero-order valence-corrected chi connectivity index (χ0v) is 15.9. The Morgan fingerprint density at radius 3 is 2.72 bits per heavy atom. The van der Waals surface area contributed by atoms with Crippen LogP contribution in [0.4, 0.5) is 0 Å². The van der Waals surface area contributed by atoms with Crippen LogP contribution in [-0.2, 0) is 23.3 Å². The summed E-state index contributed by atoms with van der Waals surface area (Å²) in [7, 11) is 0.870. The third-order valence-electron chi connectivity index (χ3n) is 6.05. The molecule has 2 atom stereocenters. The van der Waals surface area contributed by atoms with Crippen molar-refractivity contribution < 1.29 is 8.42 Å². The van der Waals surface area contributed by atoms with Crippen LogP contribution in [0.1, 0.15) is 30.1 Å². The smallest absolute Gasteiger partial charge is 0.207 e. The molecule has 25 heavy (non-hydrogen) atoms. The molecule has 5 rings (SSSR count). The zero-order chi connectivity index (χ0) is 17.3. The van der Waals surface area contributed by atoms with E-state index >= 15 is 0 Å². The molecule has 4 heterocycles. The molecule has 0 amide bonds. The number of hydrogen-bond donors (Lipinski definition) is 0. The van der Waals surface area contributed by atoms with Gasteiger partial charge in [0.2, 0.25) is 9.84 Å². The minimum Gasteiger partial charge on any atom is -0.347 e. The first kappa shape index (κ1) is 15.6. The van der Waals surface area contributed by atoms with Crippen molar-refractivity contribution in [3.63, 3.8) is 0 Å². The number of likely N-dealkylation sites (N-methyl/N-ethyl adjacent to an activating group) is 1. The number of benzene rings is 1. The molecular weight excluding hydrogens is 352 g/mol. The number of thiophene rings is 1. The molecule has 130 valence electrons. The number of sulfone groups is 1. The van der Waals surface area contributed by atoms with E-state index < -0.39 is 9.84 Å². The van der Waals surface area contributed by atoms with Crippen molar-refractivity contribution in [2.24, 2.45) is 7.05 Å². The van der Waals surface area contributed by atoms with Gasteiger partial charge in [-0.3, -0.25) is 4.90 Å². The third-order valence-corrected chi connectivity index (χ3v) is 8.64. The molecule has 0 spiro atoms. The Morgan fingerprint density at radius 2 is 1.96 bits per heavy atom. The van der Waals surface area contributed by atoms with Crippen molar-refractivity contribution >= 4 is 32.1 Å². The Balaban J connectivity index is 1.75. The van der Waals surface area contributed by atoms with E-state index in [9.17, 15) is 8.42 Å². The summed E-state index contributed by atoms with van der Waals surface area (Å²) in [6.45, 7) is 0. The Labute approximate surface area is 151 Å². The fourth-order valence-corrected chi connectivity index (χ4v) is 6.98. The van der Waals surface area contributed by atoms with Crippen LogP contribution in [0.2, 0.25) is 0 Å². The second-order valence-electron chi connectivity index (χ2n) is 7.18. The van der Waals surface area contributed by atoms with E-state index in [1.54, 1.807) is 17.5 Å². The molecule has 0 aliphatic carbocycles. The van der Waals surface area contributed by atoms with Crippen LogP contribution >= 0.6 is 11.3 Å². The number of aryl methyl sites for hydroxylation is 1. The van der Waals surface area contributed by atoms with Gasteiger partial charge in [0.25, 0.3) is 0 Å². The van der Waals surface area contributed by atoms with Crippen molar-refractivity contribution in [3.8, 4) is 0 Å². The lowest BCUT2D eigenvalue weighted by atomic mass is 9.97. The van der Waals surface area contributed by atoms with Gasteiger partial charge in [-0.1, -0.05) is 0 Å². The van der Waals surface area contributed by atoms with E-state index in [1.165, 1.54) is 29.0 Å². The molecule has 1 saturated heterocycles. The van der Waals surface area contributed by atoms with Gasteiger partial charge in [0.15, 0.2) is 0 Å². The summed E-state index contributed by atoms with van der Waals surface area (Å²) in [4.78, 5) is 3.26. The Kier molecular flexibility index (Phi) is 3.24. The summed E-state index contributed by atoms with van der Waals surface area (Å²) in [5, 5.41) is 4.62. The summed E-state index contributed by atoms with van der Waals surface area (Å²) in [6.07, 6.45) is 3.44. The van der Waals surface area contributed by atoms with E-state index in [0.29, 0.717) is 21.9 Å². The minimum absolute atomic E-state index is 0.389. The van der Waals surface area contributed by atoms with Crippen LogP contribution in [-0.4, -0.2) is 31.0 Å². The number of aromatic nitrogens is 1. The van der Waals surface area contributed by atoms with E-state index in [0.717, 1.165) is 23.7 Å². The van der Waals surface area contributed by atoms with Crippen LogP contribution in [0.5, 0.6) is 0 Å². The lowest BCUT2D eigenvalue weighted by Crippen LogP contribution is -2.34. The lowest BCUT2D eigenvalue weighted by Gasteiger charge is -2.32. The van der Waals surface area contributed by atoms with E-state index in [-0.39, 0.29) is 0 Å². The molecule has 2 unspecified atom stereocenters. The van der Waals surface area contributed by atoms with Gasteiger partial charge in [-0.25, -0.2) is 8.42 Å². The highest BCUT2D eigenvalue weighted by Crippen LogP contribution is 2.46.